The molecule has 3 rings (SSSR count). The van der Waals surface area contributed by atoms with E-state index >= 15 is 0 Å². The fourth-order valence-corrected chi connectivity index (χ4v) is 4.98. The fraction of sp³-hybridized carbons (Fsp3) is 0.150. The first-order valence-electron chi connectivity index (χ1n) is 8.42. The summed E-state index contributed by atoms with van der Waals surface area (Å²) in [6, 6.07) is 13.5. The van der Waals surface area contributed by atoms with E-state index in [1.54, 1.807) is 25.1 Å². The van der Waals surface area contributed by atoms with Crippen molar-refractivity contribution in [1.29, 1.82) is 0 Å². The van der Waals surface area contributed by atoms with Crippen LogP contribution in [0.25, 0.3) is 21.6 Å². The number of carbonyl (C=O) groups is 1. The van der Waals surface area contributed by atoms with Crippen molar-refractivity contribution in [3.63, 3.8) is 0 Å². The van der Waals surface area contributed by atoms with E-state index in [2.05, 4.69) is 0 Å². The van der Waals surface area contributed by atoms with Crippen LogP contribution < -0.4 is 5.14 Å². The number of hydrogen-bond acceptors (Lipinski definition) is 5. The second-order valence-corrected chi connectivity index (χ2v) is 9.02. The van der Waals surface area contributed by atoms with Gasteiger partial charge < -0.3 is 4.74 Å². The summed E-state index contributed by atoms with van der Waals surface area (Å²) in [4.78, 5) is 13.9. The van der Waals surface area contributed by atoms with Gasteiger partial charge in [0.2, 0.25) is 10.0 Å². The van der Waals surface area contributed by atoms with E-state index < -0.39 is 16.0 Å². The lowest BCUT2D eigenvalue weighted by molar-refractivity contribution is 0.0533. The Kier molecular flexibility index (Phi) is 5.90. The topological polar surface area (TPSA) is 86.5 Å². The number of sulfonamides is 1. The molecule has 1 aromatic heterocycles. The van der Waals surface area contributed by atoms with E-state index in [0.717, 1.165) is 16.0 Å². The lowest BCUT2D eigenvalue weighted by atomic mass is 9.99. The molecule has 0 spiro atoms. The van der Waals surface area contributed by atoms with E-state index in [-0.39, 0.29) is 11.5 Å². The van der Waals surface area contributed by atoms with Crippen molar-refractivity contribution in [2.75, 3.05) is 6.61 Å². The summed E-state index contributed by atoms with van der Waals surface area (Å²) >= 11 is 7.66. The lowest BCUT2D eigenvalue weighted by Crippen LogP contribution is -2.11. The molecular formula is C20H18ClNO4S2. The average Bonchev–Trinajstić information content (AvgIpc) is 2.99. The number of carbonyl (C=O) groups excluding carboxylic acids is 1. The third kappa shape index (κ3) is 3.98. The highest BCUT2D eigenvalue weighted by Crippen LogP contribution is 2.44. The smallest absolute Gasteiger partial charge is 0.348 e. The summed E-state index contributed by atoms with van der Waals surface area (Å²) in [6.07, 6.45) is 0. The van der Waals surface area contributed by atoms with Crippen molar-refractivity contribution in [2.24, 2.45) is 5.14 Å². The minimum atomic E-state index is -3.80. The van der Waals surface area contributed by atoms with Crippen LogP contribution in [0.5, 0.6) is 0 Å². The first-order valence-corrected chi connectivity index (χ1v) is 11.2. The summed E-state index contributed by atoms with van der Waals surface area (Å²) in [5, 5.41) is 5.76. The largest absolute Gasteiger partial charge is 0.462 e. The molecule has 0 fully saturated rings. The van der Waals surface area contributed by atoms with Crippen molar-refractivity contribution in [2.45, 2.75) is 18.7 Å². The molecule has 0 bridgehead atoms. The molecule has 0 aliphatic rings. The van der Waals surface area contributed by atoms with Gasteiger partial charge in [-0.25, -0.2) is 18.4 Å². The third-order valence-electron chi connectivity index (χ3n) is 4.20. The van der Waals surface area contributed by atoms with Crippen molar-refractivity contribution in [1.82, 2.24) is 0 Å². The predicted octanol–water partition coefficient (Wildman–Crippen LogP) is 4.87. The monoisotopic (exact) mass is 435 g/mol. The quantitative estimate of drug-likeness (QED) is 0.579. The summed E-state index contributed by atoms with van der Waals surface area (Å²) in [7, 11) is -3.80. The molecular weight excluding hydrogens is 418 g/mol. The molecule has 8 heteroatoms. The first-order chi connectivity index (χ1) is 13.2. The molecule has 0 unspecified atom stereocenters. The van der Waals surface area contributed by atoms with E-state index in [0.29, 0.717) is 21.0 Å². The van der Waals surface area contributed by atoms with Crippen LogP contribution in [0.2, 0.25) is 5.02 Å². The van der Waals surface area contributed by atoms with E-state index in [1.807, 2.05) is 25.1 Å². The zero-order chi connectivity index (χ0) is 20.5. The molecule has 3 aromatic rings. The van der Waals surface area contributed by atoms with Crippen molar-refractivity contribution in [3.05, 3.63) is 64.0 Å². The van der Waals surface area contributed by atoms with Gasteiger partial charge in [-0.3, -0.25) is 0 Å². The Morgan fingerprint density at radius 1 is 1.14 bits per heavy atom. The van der Waals surface area contributed by atoms with Gasteiger partial charge in [-0.15, -0.1) is 11.3 Å². The molecule has 0 aliphatic carbocycles. The molecule has 28 heavy (non-hydrogen) atoms. The van der Waals surface area contributed by atoms with Gasteiger partial charge in [0.1, 0.15) is 4.88 Å². The number of rotatable bonds is 5. The average molecular weight is 436 g/mol. The van der Waals surface area contributed by atoms with Gasteiger partial charge >= 0.3 is 5.97 Å². The zero-order valence-electron chi connectivity index (χ0n) is 15.2. The van der Waals surface area contributed by atoms with Gasteiger partial charge in [0.15, 0.2) is 0 Å². The van der Waals surface area contributed by atoms with Gasteiger partial charge in [0.05, 0.1) is 11.5 Å². The number of esters is 1. The van der Waals surface area contributed by atoms with E-state index in [4.69, 9.17) is 21.5 Å². The Labute approximate surface area is 172 Å². The number of ether oxygens (including phenoxy) is 1. The molecule has 0 aliphatic heterocycles. The van der Waals surface area contributed by atoms with Crippen molar-refractivity contribution >= 4 is 38.9 Å². The summed E-state index contributed by atoms with van der Waals surface area (Å²) in [6.45, 7) is 3.90. The Balaban J connectivity index is 2.21. The number of benzene rings is 2. The Morgan fingerprint density at radius 3 is 2.36 bits per heavy atom. The van der Waals surface area contributed by atoms with Gasteiger partial charge in [-0.1, -0.05) is 41.9 Å². The van der Waals surface area contributed by atoms with Crippen LogP contribution in [0.15, 0.2) is 53.4 Å². The molecule has 146 valence electrons. The highest BCUT2D eigenvalue weighted by atomic mass is 35.5. The number of halogens is 1. The molecule has 5 nitrogen and oxygen atoms in total. The maximum Gasteiger partial charge on any atom is 0.348 e. The molecule has 0 radical (unpaired) electrons. The highest BCUT2D eigenvalue weighted by Gasteiger charge is 2.24. The second-order valence-electron chi connectivity index (χ2n) is 6.03. The fourth-order valence-electron chi connectivity index (χ4n) is 2.92. The SMILES string of the molecule is CCOC(=O)c1sc(-c2ccccc2Cl)c(C)c1-c1ccc(S(N)(=O)=O)cc1. The van der Waals surface area contributed by atoms with Crippen LogP contribution in [0.4, 0.5) is 0 Å². The van der Waals surface area contributed by atoms with Gasteiger partial charge in [0.25, 0.3) is 0 Å². The molecule has 0 saturated heterocycles. The number of primary sulfonamides is 1. The summed E-state index contributed by atoms with van der Waals surface area (Å²) in [5.41, 5.74) is 3.08. The maximum atomic E-state index is 12.6. The zero-order valence-corrected chi connectivity index (χ0v) is 17.6. The van der Waals surface area contributed by atoms with Crippen LogP contribution in [0.3, 0.4) is 0 Å². The third-order valence-corrected chi connectivity index (χ3v) is 6.76. The van der Waals surface area contributed by atoms with Gasteiger partial charge in [-0.05, 0) is 43.2 Å². The van der Waals surface area contributed by atoms with Crippen LogP contribution >= 0.6 is 22.9 Å². The maximum absolute atomic E-state index is 12.6. The minimum absolute atomic E-state index is 0.00754. The van der Waals surface area contributed by atoms with Gasteiger partial charge in [-0.2, -0.15) is 0 Å². The molecule has 0 saturated carbocycles. The summed E-state index contributed by atoms with van der Waals surface area (Å²) < 4.78 is 28.3. The molecule has 0 amide bonds. The number of hydrogen-bond donors (Lipinski definition) is 1. The highest BCUT2D eigenvalue weighted by molar-refractivity contribution is 7.89. The Morgan fingerprint density at radius 2 is 1.79 bits per heavy atom. The standard InChI is InChI=1S/C20H18ClNO4S2/c1-3-26-20(23)19-17(13-8-10-14(11-9-13)28(22,24)25)12(2)18(27-19)15-6-4-5-7-16(15)21/h4-11H,3H2,1-2H3,(H2,22,24,25). The second kappa shape index (κ2) is 8.05. The predicted molar refractivity (Wildman–Crippen MR) is 112 cm³/mol. The Hall–Kier alpha value is -2.19. The minimum Gasteiger partial charge on any atom is -0.462 e. The van der Waals surface area contributed by atoms with Crippen molar-refractivity contribution in [3.8, 4) is 21.6 Å². The van der Waals surface area contributed by atoms with Crippen LogP contribution in [-0.4, -0.2) is 21.0 Å². The molecule has 2 aromatic carbocycles. The van der Waals surface area contributed by atoms with E-state index in [9.17, 15) is 13.2 Å². The normalized spacial score (nSPS) is 11.4. The number of nitrogens with two attached hydrogens (primary N) is 1. The lowest BCUT2D eigenvalue weighted by Gasteiger charge is -2.07. The molecule has 0 atom stereocenters. The Bertz CT molecular complexity index is 1140. The van der Waals surface area contributed by atoms with E-state index in [1.165, 1.54) is 23.5 Å². The van der Waals surface area contributed by atoms with Crippen LogP contribution in [-0.2, 0) is 14.8 Å². The molecule has 1 heterocycles. The van der Waals surface area contributed by atoms with Crippen LogP contribution in [0.1, 0.15) is 22.2 Å². The molecule has 2 N–H and O–H groups in total. The number of thiophene rings is 1. The van der Waals surface area contributed by atoms with Gasteiger partial charge in [0, 0.05) is 21.0 Å². The van der Waals surface area contributed by atoms with Crippen LogP contribution in [0, 0.1) is 6.92 Å². The summed E-state index contributed by atoms with van der Waals surface area (Å²) in [5.74, 6) is -0.431. The first kappa shape index (κ1) is 20.5. The van der Waals surface area contributed by atoms with Crippen molar-refractivity contribution < 1.29 is 17.9 Å².